The molecular weight excluding hydrogens is 396 g/mol. The van der Waals surface area contributed by atoms with Crippen molar-refractivity contribution in [1.82, 2.24) is 0 Å². The van der Waals surface area contributed by atoms with E-state index in [1.165, 1.54) is 24.3 Å². The molecule has 0 radical (unpaired) electrons. The van der Waals surface area contributed by atoms with Crippen LogP contribution in [0.15, 0.2) is 72.8 Å². The van der Waals surface area contributed by atoms with E-state index >= 15 is 0 Å². The van der Waals surface area contributed by atoms with E-state index in [0.29, 0.717) is 22.8 Å². The Balaban J connectivity index is 1.42. The molecule has 0 aromatic heterocycles. The predicted molar refractivity (Wildman–Crippen MR) is 116 cm³/mol. The molecule has 0 N–H and O–H groups in total. The molecule has 160 valence electrons. The Labute approximate surface area is 181 Å². The van der Waals surface area contributed by atoms with Crippen molar-refractivity contribution in [2.24, 2.45) is 0 Å². The quantitative estimate of drug-likeness (QED) is 0.288. The first kappa shape index (κ1) is 21.9. The second-order valence-electron chi connectivity index (χ2n) is 6.81. The number of hydrogen-bond acceptors (Lipinski definition) is 6. The zero-order chi connectivity index (χ0) is 22.1. The van der Waals surface area contributed by atoms with Crippen molar-refractivity contribution in [3.8, 4) is 17.2 Å². The second kappa shape index (κ2) is 10.8. The normalized spacial score (nSPS) is 10.3. The van der Waals surface area contributed by atoms with Gasteiger partial charge in [-0.25, -0.2) is 9.59 Å². The number of esters is 2. The third kappa shape index (κ3) is 6.60. The molecule has 0 unspecified atom stereocenters. The Hall–Kier alpha value is -3.80. The van der Waals surface area contributed by atoms with Gasteiger partial charge < -0.3 is 18.9 Å². The smallest absolute Gasteiger partial charge is 0.349 e. The first-order valence-electron chi connectivity index (χ1n) is 9.87. The highest BCUT2D eigenvalue weighted by Crippen LogP contribution is 2.22. The fraction of sp³-hybridized carbons (Fsp3) is 0.200. The van der Waals surface area contributed by atoms with Crippen molar-refractivity contribution in [1.29, 1.82) is 0 Å². The maximum Gasteiger partial charge on any atom is 0.349 e. The van der Waals surface area contributed by atoms with E-state index in [4.69, 9.17) is 18.9 Å². The number of ether oxygens (including phenoxy) is 4. The van der Waals surface area contributed by atoms with Gasteiger partial charge in [0.05, 0.1) is 5.56 Å². The van der Waals surface area contributed by atoms with Crippen LogP contribution in [-0.4, -0.2) is 31.8 Å². The number of benzene rings is 3. The molecule has 0 fully saturated rings. The summed E-state index contributed by atoms with van der Waals surface area (Å²) in [6.07, 6.45) is 0. The van der Waals surface area contributed by atoms with Gasteiger partial charge in [-0.3, -0.25) is 0 Å². The summed E-state index contributed by atoms with van der Waals surface area (Å²) in [6, 6.07) is 21.2. The van der Waals surface area contributed by atoms with Gasteiger partial charge in [-0.2, -0.15) is 0 Å². The van der Waals surface area contributed by atoms with Crippen molar-refractivity contribution in [2.75, 3.05) is 19.8 Å². The Morgan fingerprint density at radius 1 is 0.710 bits per heavy atom. The Morgan fingerprint density at radius 2 is 1.39 bits per heavy atom. The molecule has 0 heterocycles. The van der Waals surface area contributed by atoms with Gasteiger partial charge in [0.25, 0.3) is 0 Å². The lowest BCUT2D eigenvalue weighted by atomic mass is 10.1. The summed E-state index contributed by atoms with van der Waals surface area (Å²) in [7, 11) is 0. The fourth-order valence-corrected chi connectivity index (χ4v) is 2.87. The highest BCUT2D eigenvalue weighted by molar-refractivity contribution is 5.89. The average Bonchev–Trinajstić information content (AvgIpc) is 2.77. The molecule has 3 aromatic carbocycles. The number of aryl methyl sites for hydroxylation is 2. The van der Waals surface area contributed by atoms with Gasteiger partial charge in [-0.1, -0.05) is 36.4 Å². The Kier molecular flexibility index (Phi) is 7.65. The second-order valence-corrected chi connectivity index (χ2v) is 6.81. The van der Waals surface area contributed by atoms with Crippen LogP contribution in [0.1, 0.15) is 21.5 Å². The van der Waals surface area contributed by atoms with Gasteiger partial charge in [-0.15, -0.1) is 0 Å². The summed E-state index contributed by atoms with van der Waals surface area (Å²) in [5, 5.41) is 0. The lowest BCUT2D eigenvalue weighted by Crippen LogP contribution is -2.18. The third-order valence-corrected chi connectivity index (χ3v) is 4.39. The van der Waals surface area contributed by atoms with Crippen LogP contribution in [0.5, 0.6) is 17.2 Å². The van der Waals surface area contributed by atoms with E-state index in [9.17, 15) is 9.59 Å². The molecule has 31 heavy (non-hydrogen) atoms. The van der Waals surface area contributed by atoms with Gasteiger partial charge in [-0.05, 0) is 61.4 Å². The van der Waals surface area contributed by atoms with Crippen LogP contribution >= 0.6 is 0 Å². The summed E-state index contributed by atoms with van der Waals surface area (Å²) < 4.78 is 21.5. The molecule has 0 aliphatic rings. The zero-order valence-electron chi connectivity index (χ0n) is 17.5. The first-order valence-corrected chi connectivity index (χ1v) is 9.87. The number of para-hydroxylation sites is 2. The molecule has 6 nitrogen and oxygen atoms in total. The van der Waals surface area contributed by atoms with E-state index < -0.39 is 11.9 Å². The Morgan fingerprint density at radius 3 is 2.06 bits per heavy atom. The summed E-state index contributed by atoms with van der Waals surface area (Å²) in [5.74, 6) is 0.697. The minimum absolute atomic E-state index is 0.125. The van der Waals surface area contributed by atoms with E-state index in [-0.39, 0.29) is 19.8 Å². The lowest BCUT2D eigenvalue weighted by molar-refractivity contribution is -0.136. The maximum atomic E-state index is 12.1. The van der Waals surface area contributed by atoms with Crippen LogP contribution in [0, 0.1) is 13.8 Å². The van der Waals surface area contributed by atoms with Gasteiger partial charge in [0.2, 0.25) is 0 Å². The number of carbonyl (C=O) groups is 2. The molecular formula is C25H24O6. The molecule has 0 bridgehead atoms. The number of carbonyl (C=O) groups excluding carboxylic acids is 2. The molecule has 0 aliphatic heterocycles. The monoisotopic (exact) mass is 420 g/mol. The van der Waals surface area contributed by atoms with Crippen LogP contribution in [0.4, 0.5) is 0 Å². The van der Waals surface area contributed by atoms with Gasteiger partial charge >= 0.3 is 11.9 Å². The molecule has 0 aliphatic carbocycles. The van der Waals surface area contributed by atoms with Crippen LogP contribution in [0.2, 0.25) is 0 Å². The standard InChI is InChI=1S/C25H24O6/c1-18-7-6-8-19(2)24(18)30-17-23(26)31-22-13-11-20(12-14-22)25(27)29-16-15-28-21-9-4-3-5-10-21/h3-14H,15-17H2,1-2H3. The predicted octanol–water partition coefficient (Wildman–Crippen LogP) is 4.52. The van der Waals surface area contributed by atoms with Crippen LogP contribution in [-0.2, 0) is 9.53 Å². The summed E-state index contributed by atoms with van der Waals surface area (Å²) in [4.78, 5) is 24.2. The highest BCUT2D eigenvalue weighted by atomic mass is 16.6. The lowest BCUT2D eigenvalue weighted by Gasteiger charge is -2.11. The highest BCUT2D eigenvalue weighted by Gasteiger charge is 2.11. The average molecular weight is 420 g/mol. The van der Waals surface area contributed by atoms with Crippen LogP contribution in [0.3, 0.4) is 0 Å². The number of rotatable bonds is 9. The maximum absolute atomic E-state index is 12.1. The molecule has 3 aromatic rings. The van der Waals surface area contributed by atoms with Gasteiger partial charge in [0.1, 0.15) is 30.5 Å². The van der Waals surface area contributed by atoms with Gasteiger partial charge in [0, 0.05) is 0 Å². The topological polar surface area (TPSA) is 71.1 Å². The van der Waals surface area contributed by atoms with Crippen molar-refractivity contribution >= 4 is 11.9 Å². The van der Waals surface area contributed by atoms with Crippen molar-refractivity contribution in [3.63, 3.8) is 0 Å². The van der Waals surface area contributed by atoms with Gasteiger partial charge in [0.15, 0.2) is 6.61 Å². The minimum atomic E-state index is -0.531. The third-order valence-electron chi connectivity index (χ3n) is 4.39. The fourth-order valence-electron chi connectivity index (χ4n) is 2.87. The SMILES string of the molecule is Cc1cccc(C)c1OCC(=O)Oc1ccc(C(=O)OCCOc2ccccc2)cc1. The summed E-state index contributed by atoms with van der Waals surface area (Å²) in [6.45, 7) is 4.00. The summed E-state index contributed by atoms with van der Waals surface area (Å²) in [5.41, 5.74) is 2.25. The largest absolute Gasteiger partial charge is 0.490 e. The Bertz CT molecular complexity index is 992. The molecule has 3 rings (SSSR count). The summed E-state index contributed by atoms with van der Waals surface area (Å²) >= 11 is 0. The molecule has 0 saturated carbocycles. The van der Waals surface area contributed by atoms with Crippen molar-refractivity contribution in [2.45, 2.75) is 13.8 Å². The molecule has 0 atom stereocenters. The van der Waals surface area contributed by atoms with Crippen LogP contribution in [0.25, 0.3) is 0 Å². The van der Waals surface area contributed by atoms with Crippen molar-refractivity contribution < 1.29 is 28.5 Å². The van der Waals surface area contributed by atoms with E-state index in [1.807, 2.05) is 62.4 Å². The van der Waals surface area contributed by atoms with Crippen LogP contribution < -0.4 is 14.2 Å². The van der Waals surface area contributed by atoms with E-state index in [1.54, 1.807) is 0 Å². The molecule has 0 spiro atoms. The minimum Gasteiger partial charge on any atom is -0.490 e. The van der Waals surface area contributed by atoms with Crippen molar-refractivity contribution in [3.05, 3.63) is 89.5 Å². The number of hydrogen-bond donors (Lipinski definition) is 0. The zero-order valence-corrected chi connectivity index (χ0v) is 17.5. The van der Waals surface area contributed by atoms with E-state index in [2.05, 4.69) is 0 Å². The van der Waals surface area contributed by atoms with E-state index in [0.717, 1.165) is 11.1 Å². The molecule has 0 amide bonds. The molecule has 0 saturated heterocycles. The molecule has 6 heteroatoms. The first-order chi connectivity index (χ1) is 15.0.